The zero-order chi connectivity index (χ0) is 12.5. The number of amides is 1. The minimum atomic E-state index is -0.238. The third kappa shape index (κ3) is 4.63. The Labute approximate surface area is 101 Å². The molecule has 0 saturated carbocycles. The van der Waals surface area contributed by atoms with Gasteiger partial charge in [-0.1, -0.05) is 19.4 Å². The third-order valence-corrected chi connectivity index (χ3v) is 2.13. The van der Waals surface area contributed by atoms with Crippen LogP contribution in [0.5, 0.6) is 0 Å². The van der Waals surface area contributed by atoms with E-state index in [0.29, 0.717) is 18.1 Å². The Bertz CT molecular complexity index is 361. The van der Waals surface area contributed by atoms with E-state index in [9.17, 15) is 4.79 Å². The van der Waals surface area contributed by atoms with Gasteiger partial charge in [0.05, 0.1) is 12.4 Å². The molecule has 0 atom stereocenters. The van der Waals surface area contributed by atoms with Gasteiger partial charge in [-0.15, -0.1) is 6.58 Å². The van der Waals surface area contributed by atoms with Crippen LogP contribution in [0.2, 0.25) is 0 Å². The summed E-state index contributed by atoms with van der Waals surface area (Å²) in [5, 5.41) is 5.77. The lowest BCUT2D eigenvalue weighted by atomic mass is 10.3. The van der Waals surface area contributed by atoms with Crippen LogP contribution in [-0.4, -0.2) is 29.0 Å². The van der Waals surface area contributed by atoms with Crippen LogP contribution in [0, 0.1) is 0 Å². The van der Waals surface area contributed by atoms with Gasteiger partial charge in [0.2, 0.25) is 0 Å². The molecule has 92 valence electrons. The van der Waals surface area contributed by atoms with Crippen LogP contribution in [0.25, 0.3) is 0 Å². The Hall–Kier alpha value is -1.91. The molecule has 1 aromatic heterocycles. The van der Waals surface area contributed by atoms with Crippen molar-refractivity contribution >= 4 is 11.7 Å². The highest BCUT2D eigenvalue weighted by Crippen LogP contribution is 2.01. The molecule has 1 rings (SSSR count). The molecule has 0 saturated heterocycles. The van der Waals surface area contributed by atoms with Crippen molar-refractivity contribution in [1.29, 1.82) is 0 Å². The molecule has 0 aromatic carbocycles. The summed E-state index contributed by atoms with van der Waals surface area (Å²) in [6.07, 6.45) is 6.86. The number of aromatic nitrogens is 2. The van der Waals surface area contributed by atoms with Gasteiger partial charge < -0.3 is 10.6 Å². The molecule has 2 N–H and O–H groups in total. The first-order valence-electron chi connectivity index (χ1n) is 5.73. The molecule has 0 fully saturated rings. The van der Waals surface area contributed by atoms with E-state index in [1.165, 1.54) is 6.20 Å². The van der Waals surface area contributed by atoms with Crippen LogP contribution in [0.1, 0.15) is 30.3 Å². The number of carbonyl (C=O) groups is 1. The fourth-order valence-corrected chi connectivity index (χ4v) is 1.19. The van der Waals surface area contributed by atoms with E-state index in [-0.39, 0.29) is 5.91 Å². The van der Waals surface area contributed by atoms with Gasteiger partial charge in [0.1, 0.15) is 11.5 Å². The molecule has 0 aliphatic heterocycles. The van der Waals surface area contributed by atoms with Crippen molar-refractivity contribution in [2.75, 3.05) is 18.4 Å². The van der Waals surface area contributed by atoms with Gasteiger partial charge in [-0.05, 0) is 6.42 Å². The molecule has 0 unspecified atom stereocenters. The van der Waals surface area contributed by atoms with Gasteiger partial charge in [0.25, 0.3) is 5.91 Å². The van der Waals surface area contributed by atoms with E-state index in [1.807, 2.05) is 0 Å². The van der Waals surface area contributed by atoms with E-state index >= 15 is 0 Å². The zero-order valence-corrected chi connectivity index (χ0v) is 10.1. The van der Waals surface area contributed by atoms with Crippen molar-refractivity contribution in [3.63, 3.8) is 0 Å². The summed E-state index contributed by atoms with van der Waals surface area (Å²) in [6.45, 7) is 6.94. The molecule has 0 radical (unpaired) electrons. The summed E-state index contributed by atoms with van der Waals surface area (Å²) in [5.41, 5.74) is 0.313. The predicted molar refractivity (Wildman–Crippen MR) is 68.0 cm³/mol. The molecule has 17 heavy (non-hydrogen) atoms. The van der Waals surface area contributed by atoms with E-state index in [2.05, 4.69) is 34.1 Å². The van der Waals surface area contributed by atoms with Crippen molar-refractivity contribution in [1.82, 2.24) is 15.3 Å². The number of carbonyl (C=O) groups excluding carboxylic acids is 1. The maximum Gasteiger partial charge on any atom is 0.271 e. The lowest BCUT2D eigenvalue weighted by Crippen LogP contribution is -2.24. The Morgan fingerprint density at radius 3 is 2.88 bits per heavy atom. The third-order valence-electron chi connectivity index (χ3n) is 2.13. The topological polar surface area (TPSA) is 66.9 Å². The maximum atomic E-state index is 11.5. The predicted octanol–water partition coefficient (Wildman–Crippen LogP) is 1.60. The van der Waals surface area contributed by atoms with E-state index in [4.69, 9.17) is 0 Å². The summed E-state index contributed by atoms with van der Waals surface area (Å²) in [7, 11) is 0. The lowest BCUT2D eigenvalue weighted by Gasteiger charge is -2.05. The highest BCUT2D eigenvalue weighted by molar-refractivity contribution is 5.92. The number of nitrogens with one attached hydrogen (secondary N) is 2. The molecule has 5 heteroatoms. The largest absolute Gasteiger partial charge is 0.369 e. The smallest absolute Gasteiger partial charge is 0.271 e. The van der Waals surface area contributed by atoms with E-state index in [0.717, 1.165) is 19.4 Å². The van der Waals surface area contributed by atoms with Crippen molar-refractivity contribution in [2.45, 2.75) is 19.8 Å². The molecule has 0 aliphatic carbocycles. The molecular weight excluding hydrogens is 216 g/mol. The minimum absolute atomic E-state index is 0.238. The second-order valence-electron chi connectivity index (χ2n) is 3.57. The van der Waals surface area contributed by atoms with Crippen molar-refractivity contribution in [3.05, 3.63) is 30.7 Å². The van der Waals surface area contributed by atoms with Crippen LogP contribution in [0.4, 0.5) is 5.82 Å². The maximum absolute atomic E-state index is 11.5. The average Bonchev–Trinajstić information content (AvgIpc) is 2.37. The Morgan fingerprint density at radius 1 is 1.47 bits per heavy atom. The van der Waals surface area contributed by atoms with Crippen LogP contribution >= 0.6 is 0 Å². The van der Waals surface area contributed by atoms with Crippen LogP contribution in [0.15, 0.2) is 25.0 Å². The van der Waals surface area contributed by atoms with E-state index < -0.39 is 0 Å². The second kappa shape index (κ2) is 7.38. The first kappa shape index (κ1) is 13.2. The Kier molecular flexibility index (Phi) is 5.71. The van der Waals surface area contributed by atoms with Gasteiger partial charge in [0, 0.05) is 13.1 Å². The quantitative estimate of drug-likeness (QED) is 0.555. The van der Waals surface area contributed by atoms with Crippen LogP contribution in [-0.2, 0) is 0 Å². The summed E-state index contributed by atoms with van der Waals surface area (Å²) in [5.74, 6) is 0.455. The fourth-order valence-electron chi connectivity index (χ4n) is 1.19. The van der Waals surface area contributed by atoms with Gasteiger partial charge in [0.15, 0.2) is 0 Å². The molecule has 0 aliphatic rings. The number of hydrogen-bond donors (Lipinski definition) is 2. The monoisotopic (exact) mass is 234 g/mol. The number of unbranched alkanes of at least 4 members (excludes halogenated alkanes) is 1. The van der Waals surface area contributed by atoms with Gasteiger partial charge in [-0.2, -0.15) is 0 Å². The first-order valence-corrected chi connectivity index (χ1v) is 5.73. The Balaban J connectivity index is 2.49. The van der Waals surface area contributed by atoms with Crippen LogP contribution in [0.3, 0.4) is 0 Å². The van der Waals surface area contributed by atoms with Crippen LogP contribution < -0.4 is 10.6 Å². The normalized spacial score (nSPS) is 9.71. The summed E-state index contributed by atoms with van der Waals surface area (Å²) in [6, 6.07) is 0. The van der Waals surface area contributed by atoms with Crippen molar-refractivity contribution < 1.29 is 4.79 Å². The molecular formula is C12H18N4O. The minimum Gasteiger partial charge on any atom is -0.369 e. The van der Waals surface area contributed by atoms with Crippen molar-refractivity contribution in [3.8, 4) is 0 Å². The van der Waals surface area contributed by atoms with Gasteiger partial charge >= 0.3 is 0 Å². The molecule has 1 heterocycles. The highest BCUT2D eigenvalue weighted by Gasteiger charge is 2.05. The number of anilines is 1. The molecule has 5 nitrogen and oxygen atoms in total. The molecule has 1 aromatic rings. The molecule has 0 spiro atoms. The number of rotatable bonds is 7. The summed E-state index contributed by atoms with van der Waals surface area (Å²) in [4.78, 5) is 19.7. The molecule has 0 bridgehead atoms. The average molecular weight is 234 g/mol. The number of nitrogens with zero attached hydrogens (tertiary/aromatic N) is 2. The molecule has 1 amide bonds. The first-order chi connectivity index (χ1) is 8.27. The second-order valence-corrected chi connectivity index (χ2v) is 3.57. The van der Waals surface area contributed by atoms with Crippen molar-refractivity contribution in [2.24, 2.45) is 0 Å². The SMILES string of the molecule is C=CCNC(=O)c1cnc(NCCCC)cn1. The van der Waals surface area contributed by atoms with Gasteiger partial charge in [-0.3, -0.25) is 4.79 Å². The summed E-state index contributed by atoms with van der Waals surface area (Å²) < 4.78 is 0. The Morgan fingerprint density at radius 2 is 2.29 bits per heavy atom. The number of hydrogen-bond acceptors (Lipinski definition) is 4. The standard InChI is InChI=1S/C12H18N4O/c1-3-5-7-13-11-9-15-10(8-16-11)12(17)14-6-4-2/h4,8-9H,2-3,5-7H2,1H3,(H,13,16)(H,14,17). The zero-order valence-electron chi connectivity index (χ0n) is 10.1. The summed E-state index contributed by atoms with van der Waals surface area (Å²) >= 11 is 0. The van der Waals surface area contributed by atoms with E-state index in [1.54, 1.807) is 12.3 Å². The highest BCUT2D eigenvalue weighted by atomic mass is 16.1. The fraction of sp³-hybridized carbons (Fsp3) is 0.417. The lowest BCUT2D eigenvalue weighted by molar-refractivity contribution is 0.0952. The van der Waals surface area contributed by atoms with Gasteiger partial charge in [-0.25, -0.2) is 9.97 Å².